The van der Waals surface area contributed by atoms with Gasteiger partial charge in [-0.2, -0.15) is 0 Å². The molecule has 96 valence electrons. The molecule has 0 bridgehead atoms. The van der Waals surface area contributed by atoms with Crippen molar-refractivity contribution in [3.8, 4) is 11.4 Å². The van der Waals surface area contributed by atoms with Crippen molar-refractivity contribution >= 4 is 21.3 Å². The van der Waals surface area contributed by atoms with E-state index >= 15 is 0 Å². The molecule has 0 amide bonds. The third-order valence-corrected chi connectivity index (χ3v) is 3.59. The van der Waals surface area contributed by atoms with Gasteiger partial charge in [-0.25, -0.2) is 17.4 Å². The van der Waals surface area contributed by atoms with E-state index in [9.17, 15) is 13.0 Å². The molecule has 0 unspecified atom stereocenters. The molecule has 20 heavy (non-hydrogen) atoms. The molecule has 3 rings (SSSR count). The van der Waals surface area contributed by atoms with E-state index in [1.807, 2.05) is 6.07 Å². The zero-order valence-electron chi connectivity index (χ0n) is 10.7. The summed E-state index contributed by atoms with van der Waals surface area (Å²) in [6, 6.07) is 15.4. The van der Waals surface area contributed by atoms with Crippen LogP contribution in [0, 0.1) is 0 Å². The van der Waals surface area contributed by atoms with Crippen LogP contribution in [0.25, 0.3) is 22.4 Å². The van der Waals surface area contributed by atoms with Gasteiger partial charge in [0.05, 0.1) is 11.0 Å². The molecule has 0 spiro atoms. The van der Waals surface area contributed by atoms with Crippen LogP contribution in [0.1, 0.15) is 0 Å². The Morgan fingerprint density at radius 3 is 2.20 bits per heavy atom. The van der Waals surface area contributed by atoms with Gasteiger partial charge in [-0.15, -0.1) is 0 Å². The van der Waals surface area contributed by atoms with Crippen molar-refractivity contribution < 1.29 is 64.4 Å². The molecule has 7 heteroatoms. The first-order chi connectivity index (χ1) is 9.07. The van der Waals surface area contributed by atoms with Gasteiger partial charge in [0.2, 0.25) is 0 Å². The third-order valence-electron chi connectivity index (χ3n) is 2.77. The summed E-state index contributed by atoms with van der Waals surface area (Å²) in [6.45, 7) is 0. The maximum atomic E-state index is 11.5. The fraction of sp³-hybridized carbons (Fsp3) is 0. The Morgan fingerprint density at radius 1 is 0.950 bits per heavy atom. The van der Waals surface area contributed by atoms with Crippen molar-refractivity contribution in [3.63, 3.8) is 0 Å². The van der Waals surface area contributed by atoms with E-state index in [0.29, 0.717) is 11.1 Å². The summed E-state index contributed by atoms with van der Waals surface area (Å²) < 4.78 is 35.1. The first-order valence-electron chi connectivity index (χ1n) is 5.57. The quantitative estimate of drug-likeness (QED) is 0.450. The first kappa shape index (κ1) is 15.8. The molecule has 0 fully saturated rings. The largest absolute Gasteiger partial charge is 1.00 e. The molecule has 0 saturated carbocycles. The van der Waals surface area contributed by atoms with Crippen LogP contribution in [-0.4, -0.2) is 21.9 Å². The Balaban J connectivity index is 0.00000147. The van der Waals surface area contributed by atoms with Crippen LogP contribution in [0.5, 0.6) is 0 Å². The molecule has 0 atom stereocenters. The minimum Gasteiger partial charge on any atom is -0.731 e. The average Bonchev–Trinajstić information content (AvgIpc) is 2.79. The number of hydrogen-bond acceptors (Lipinski definition) is 4. The van der Waals surface area contributed by atoms with E-state index in [-0.39, 0.29) is 62.7 Å². The van der Waals surface area contributed by atoms with Gasteiger partial charge in [0.1, 0.15) is 0 Å². The minimum atomic E-state index is -4.66. The second kappa shape index (κ2) is 6.06. The van der Waals surface area contributed by atoms with Crippen molar-refractivity contribution in [1.29, 1.82) is 0 Å². The van der Waals surface area contributed by atoms with Crippen LogP contribution in [0.15, 0.2) is 54.6 Å². The molecule has 5 nitrogen and oxygen atoms in total. The fourth-order valence-electron chi connectivity index (χ4n) is 2.00. The van der Waals surface area contributed by atoms with E-state index < -0.39 is 10.3 Å². The zero-order valence-corrected chi connectivity index (χ0v) is 14.7. The summed E-state index contributed by atoms with van der Waals surface area (Å²) in [5, 5.41) is 0. The maximum Gasteiger partial charge on any atom is 1.00 e. The molecule has 1 aromatic heterocycles. The standard InChI is InChI=1S/C13H10N2O3S.K/c16-19(17,18)15-12-9-5-4-8-11(12)14-13(15)10-6-2-1-3-7-10;/h1-9H,(H,16,17,18);/q;+1/p-1. The molecule has 0 saturated heterocycles. The van der Waals surface area contributed by atoms with E-state index in [0.717, 1.165) is 3.97 Å². The molecule has 0 aliphatic heterocycles. The average molecular weight is 312 g/mol. The van der Waals surface area contributed by atoms with Gasteiger partial charge in [0, 0.05) is 5.56 Å². The predicted molar refractivity (Wildman–Crippen MR) is 70.3 cm³/mol. The monoisotopic (exact) mass is 312 g/mol. The molecule has 3 aromatic rings. The van der Waals surface area contributed by atoms with Crippen molar-refractivity contribution in [2.24, 2.45) is 0 Å². The number of nitrogens with zero attached hydrogens (tertiary/aromatic N) is 2. The molecule has 0 radical (unpaired) electrons. The van der Waals surface area contributed by atoms with Crippen LogP contribution in [0.2, 0.25) is 0 Å². The summed E-state index contributed by atoms with van der Waals surface area (Å²) in [6.07, 6.45) is 0. The molecule has 1 heterocycles. The van der Waals surface area contributed by atoms with E-state index in [2.05, 4.69) is 4.98 Å². The summed E-state index contributed by atoms with van der Waals surface area (Å²) >= 11 is 0. The smallest absolute Gasteiger partial charge is 0.731 e. The van der Waals surface area contributed by atoms with Crippen LogP contribution < -0.4 is 51.4 Å². The molecule has 0 aliphatic carbocycles. The van der Waals surface area contributed by atoms with Gasteiger partial charge in [-0.3, -0.25) is 0 Å². The van der Waals surface area contributed by atoms with Crippen molar-refractivity contribution in [3.05, 3.63) is 54.6 Å². The van der Waals surface area contributed by atoms with E-state index in [1.54, 1.807) is 48.5 Å². The van der Waals surface area contributed by atoms with Gasteiger partial charge in [0.25, 0.3) is 0 Å². The Labute approximate surface area is 158 Å². The number of para-hydroxylation sites is 2. The third kappa shape index (κ3) is 2.89. The maximum absolute atomic E-state index is 11.5. The van der Waals surface area contributed by atoms with Gasteiger partial charge >= 0.3 is 51.4 Å². The summed E-state index contributed by atoms with van der Waals surface area (Å²) in [4.78, 5) is 4.23. The Morgan fingerprint density at radius 2 is 1.55 bits per heavy atom. The molecule has 2 aromatic carbocycles. The van der Waals surface area contributed by atoms with Crippen LogP contribution in [-0.2, 0) is 10.3 Å². The first-order valence-corrected chi connectivity index (χ1v) is 6.93. The number of hydrogen-bond donors (Lipinski definition) is 0. The van der Waals surface area contributed by atoms with E-state index in [4.69, 9.17) is 0 Å². The van der Waals surface area contributed by atoms with Crippen molar-refractivity contribution in [2.45, 2.75) is 0 Å². The summed E-state index contributed by atoms with van der Waals surface area (Å²) in [5.41, 5.74) is 1.34. The predicted octanol–water partition coefficient (Wildman–Crippen LogP) is -0.984. The fourth-order valence-corrected chi connectivity index (χ4v) is 2.75. The number of imidazole rings is 1. The van der Waals surface area contributed by atoms with Crippen molar-refractivity contribution in [2.75, 3.05) is 0 Å². The summed E-state index contributed by atoms with van der Waals surface area (Å²) in [5.74, 6) is 0.136. The molecule has 0 N–H and O–H groups in total. The second-order valence-corrected chi connectivity index (χ2v) is 5.23. The SMILES string of the molecule is O=S(=O)([O-])n1c(-c2ccccc2)nc2ccccc21.[K+]. The normalized spacial score (nSPS) is 11.2. The Hall–Kier alpha value is -0.544. The molecule has 0 aliphatic rings. The number of aromatic nitrogens is 2. The second-order valence-electron chi connectivity index (χ2n) is 4.01. The van der Waals surface area contributed by atoms with Crippen LogP contribution in [0.4, 0.5) is 0 Å². The van der Waals surface area contributed by atoms with Gasteiger partial charge in [0.15, 0.2) is 16.1 Å². The Kier molecular flexibility index (Phi) is 4.80. The van der Waals surface area contributed by atoms with Crippen LogP contribution >= 0.6 is 0 Å². The molecular formula is C13H9KN2O3S. The number of benzene rings is 2. The van der Waals surface area contributed by atoms with Gasteiger partial charge in [-0.1, -0.05) is 42.5 Å². The van der Waals surface area contributed by atoms with Gasteiger partial charge in [-0.05, 0) is 12.1 Å². The number of rotatable bonds is 2. The summed E-state index contributed by atoms with van der Waals surface area (Å²) in [7, 11) is -4.66. The topological polar surface area (TPSA) is 75.0 Å². The van der Waals surface area contributed by atoms with E-state index in [1.165, 1.54) is 0 Å². The minimum absolute atomic E-state index is 0. The number of fused-ring (bicyclic) bond motifs is 1. The van der Waals surface area contributed by atoms with Crippen LogP contribution in [0.3, 0.4) is 0 Å². The zero-order chi connectivity index (χ0) is 13.5. The van der Waals surface area contributed by atoms with Crippen molar-refractivity contribution in [1.82, 2.24) is 8.96 Å². The van der Waals surface area contributed by atoms with Gasteiger partial charge < -0.3 is 4.55 Å². The molecular weight excluding hydrogens is 303 g/mol. The Bertz CT molecular complexity index is 844.